The normalized spacial score (nSPS) is 13.4. The fourth-order valence-electron chi connectivity index (χ4n) is 2.35. The van der Waals surface area contributed by atoms with Gasteiger partial charge in [-0.15, -0.1) is 11.3 Å². The number of nitrogens with zero attached hydrogens (tertiary/aromatic N) is 1. The lowest BCUT2D eigenvalue weighted by Gasteiger charge is -2.17. The molecule has 3 aromatic heterocycles. The third-order valence-corrected chi connectivity index (χ3v) is 6.66. The molecule has 0 unspecified atom stereocenters. The van der Waals surface area contributed by atoms with Crippen molar-refractivity contribution >= 4 is 32.4 Å². The number of alkyl halides is 3. The number of hydrogen-bond donors (Lipinski definition) is 3. The predicted octanol–water partition coefficient (Wildman–Crippen LogP) is 3.36. The number of nitrogens with one attached hydrogen (secondary N) is 2. The van der Waals surface area contributed by atoms with Crippen LogP contribution in [0.4, 0.5) is 13.2 Å². The second-order valence-corrected chi connectivity index (χ2v) is 9.63. The molecule has 0 atom stereocenters. The largest absolute Gasteiger partial charge is 0.431 e. The molecule has 0 saturated heterocycles. The highest BCUT2D eigenvalue weighted by molar-refractivity contribution is 7.91. The van der Waals surface area contributed by atoms with E-state index in [1.807, 2.05) is 0 Å². The first kappa shape index (κ1) is 19.8. The average Bonchev–Trinajstić information content (AvgIpc) is 3.19. The maximum atomic E-state index is 12.9. The van der Waals surface area contributed by atoms with E-state index in [0.29, 0.717) is 10.4 Å². The van der Waals surface area contributed by atoms with Crippen LogP contribution in [0.5, 0.6) is 0 Å². The smallest absolute Gasteiger partial charge is 0.389 e. The predicted molar refractivity (Wildman–Crippen MR) is 95.9 cm³/mol. The highest BCUT2D eigenvalue weighted by Crippen LogP contribution is 2.37. The molecule has 0 saturated carbocycles. The maximum absolute atomic E-state index is 12.9. The number of H-pyrrole nitrogens is 1. The molecule has 3 N–H and O–H groups in total. The number of fused-ring (bicyclic) bond motifs is 1. The van der Waals surface area contributed by atoms with Gasteiger partial charge in [0.2, 0.25) is 10.0 Å². The molecule has 27 heavy (non-hydrogen) atoms. The second-order valence-electron chi connectivity index (χ2n) is 6.56. The highest BCUT2D eigenvalue weighted by atomic mass is 32.2. The van der Waals surface area contributed by atoms with Gasteiger partial charge in [-0.05, 0) is 38.1 Å². The Labute approximate surface area is 157 Å². The molecule has 0 amide bonds. The lowest BCUT2D eigenvalue weighted by molar-refractivity contribution is -0.140. The zero-order valence-electron chi connectivity index (χ0n) is 14.3. The van der Waals surface area contributed by atoms with E-state index in [2.05, 4.69) is 14.7 Å². The number of rotatable bonds is 5. The molecule has 0 aliphatic carbocycles. The summed E-state index contributed by atoms with van der Waals surface area (Å²) < 4.78 is 65.8. The standard InChI is InChI=1S/C16H16F3N3O3S2/c1-15(2,23)8-21-27(24,25)13-4-3-11(26-13)9-5-6-20-14-10(9)7-12(22-14)16(17,18)19/h3-7,21,23H,8H2,1-2H3,(H,20,22). The van der Waals surface area contributed by atoms with E-state index in [-0.39, 0.29) is 21.8 Å². The molecular formula is C16H16F3N3O3S2. The van der Waals surface area contributed by atoms with Crippen molar-refractivity contribution < 1.29 is 26.7 Å². The molecule has 146 valence electrons. The van der Waals surface area contributed by atoms with Crippen LogP contribution in [0.3, 0.4) is 0 Å². The third-order valence-electron chi connectivity index (χ3n) is 3.64. The molecule has 0 radical (unpaired) electrons. The molecule has 0 spiro atoms. The van der Waals surface area contributed by atoms with Crippen LogP contribution in [0.15, 0.2) is 34.7 Å². The highest BCUT2D eigenvalue weighted by Gasteiger charge is 2.33. The van der Waals surface area contributed by atoms with Gasteiger partial charge in [-0.1, -0.05) is 0 Å². The van der Waals surface area contributed by atoms with Gasteiger partial charge in [-0.2, -0.15) is 13.2 Å². The Hall–Kier alpha value is -1.95. The first-order valence-corrected chi connectivity index (χ1v) is 10.0. The van der Waals surface area contributed by atoms with Crippen LogP contribution >= 0.6 is 11.3 Å². The van der Waals surface area contributed by atoms with Crippen molar-refractivity contribution in [2.24, 2.45) is 0 Å². The van der Waals surface area contributed by atoms with Gasteiger partial charge in [-0.3, -0.25) is 0 Å². The third kappa shape index (κ3) is 4.32. The van der Waals surface area contributed by atoms with E-state index in [1.54, 1.807) is 0 Å². The van der Waals surface area contributed by atoms with Gasteiger partial charge in [0.25, 0.3) is 0 Å². The molecule has 0 aliphatic heterocycles. The molecule has 0 fully saturated rings. The van der Waals surface area contributed by atoms with Gasteiger partial charge >= 0.3 is 6.18 Å². The molecule has 6 nitrogen and oxygen atoms in total. The lowest BCUT2D eigenvalue weighted by Crippen LogP contribution is -2.37. The monoisotopic (exact) mass is 419 g/mol. The van der Waals surface area contributed by atoms with Crippen LogP contribution in [-0.4, -0.2) is 35.6 Å². The Kier molecular flexibility index (Phi) is 4.83. The molecule has 0 aromatic carbocycles. The summed E-state index contributed by atoms with van der Waals surface area (Å²) in [5.74, 6) is 0. The van der Waals surface area contributed by atoms with E-state index < -0.39 is 27.5 Å². The number of aliphatic hydroxyl groups is 1. The summed E-state index contributed by atoms with van der Waals surface area (Å²) in [7, 11) is -3.85. The summed E-state index contributed by atoms with van der Waals surface area (Å²) in [6.07, 6.45) is -3.18. The summed E-state index contributed by atoms with van der Waals surface area (Å²) >= 11 is 0.920. The van der Waals surface area contributed by atoms with Crippen molar-refractivity contribution in [3.05, 3.63) is 36.2 Å². The molecule has 11 heteroatoms. The molecule has 3 rings (SSSR count). The van der Waals surface area contributed by atoms with Gasteiger partial charge in [-0.25, -0.2) is 18.1 Å². The first-order valence-electron chi connectivity index (χ1n) is 7.74. The summed E-state index contributed by atoms with van der Waals surface area (Å²) in [6.45, 7) is 2.76. The van der Waals surface area contributed by atoms with Crippen molar-refractivity contribution in [2.75, 3.05) is 6.54 Å². The zero-order valence-corrected chi connectivity index (χ0v) is 15.9. The van der Waals surface area contributed by atoms with Crippen LogP contribution in [0.2, 0.25) is 0 Å². The molecule has 3 aromatic rings. The lowest BCUT2D eigenvalue weighted by atomic mass is 10.1. The summed E-state index contributed by atoms with van der Waals surface area (Å²) in [5.41, 5.74) is -1.63. The quantitative estimate of drug-likeness (QED) is 0.591. The Bertz CT molecular complexity index is 1080. The second kappa shape index (κ2) is 6.59. The number of halogens is 3. The Balaban J connectivity index is 1.98. The van der Waals surface area contributed by atoms with E-state index in [4.69, 9.17) is 0 Å². The molecule has 0 bridgehead atoms. The Morgan fingerprint density at radius 3 is 2.59 bits per heavy atom. The number of hydrogen-bond acceptors (Lipinski definition) is 5. The van der Waals surface area contributed by atoms with Crippen molar-refractivity contribution in [3.63, 3.8) is 0 Å². The van der Waals surface area contributed by atoms with Gasteiger partial charge < -0.3 is 10.1 Å². The van der Waals surface area contributed by atoms with Crippen LogP contribution in [-0.2, 0) is 16.2 Å². The van der Waals surface area contributed by atoms with E-state index in [9.17, 15) is 26.7 Å². The van der Waals surface area contributed by atoms with Gasteiger partial charge in [0, 0.05) is 28.6 Å². The van der Waals surface area contributed by atoms with Crippen molar-refractivity contribution in [1.29, 1.82) is 0 Å². The Morgan fingerprint density at radius 1 is 1.26 bits per heavy atom. The van der Waals surface area contributed by atoms with Crippen molar-refractivity contribution in [2.45, 2.75) is 29.8 Å². The number of sulfonamides is 1. The fourth-order valence-corrected chi connectivity index (χ4v) is 4.94. The first-order chi connectivity index (χ1) is 12.4. The van der Waals surface area contributed by atoms with Crippen molar-refractivity contribution in [3.8, 4) is 10.4 Å². The van der Waals surface area contributed by atoms with Crippen LogP contribution in [0.1, 0.15) is 19.5 Å². The summed E-state index contributed by atoms with van der Waals surface area (Å²) in [5, 5.41) is 9.92. The van der Waals surface area contributed by atoms with Crippen LogP contribution in [0.25, 0.3) is 21.5 Å². The maximum Gasteiger partial charge on any atom is 0.431 e. The topological polar surface area (TPSA) is 95.1 Å². The number of aromatic nitrogens is 2. The van der Waals surface area contributed by atoms with Gasteiger partial charge in [0.05, 0.1) is 5.60 Å². The van der Waals surface area contributed by atoms with Crippen LogP contribution < -0.4 is 4.72 Å². The SMILES string of the molecule is CC(C)(O)CNS(=O)(=O)c1ccc(-c2ccnc3[nH]c(C(F)(F)F)cc23)s1. The van der Waals surface area contributed by atoms with E-state index in [0.717, 1.165) is 17.4 Å². The molecule has 3 heterocycles. The minimum absolute atomic E-state index is 0.00158. The minimum Gasteiger partial charge on any atom is -0.389 e. The van der Waals surface area contributed by atoms with E-state index in [1.165, 1.54) is 38.2 Å². The van der Waals surface area contributed by atoms with Gasteiger partial charge in [0.1, 0.15) is 15.6 Å². The van der Waals surface area contributed by atoms with Gasteiger partial charge in [0.15, 0.2) is 0 Å². The van der Waals surface area contributed by atoms with E-state index >= 15 is 0 Å². The fraction of sp³-hybridized carbons (Fsp3) is 0.312. The van der Waals surface area contributed by atoms with Crippen LogP contribution in [0, 0.1) is 0 Å². The number of thiophene rings is 1. The Morgan fingerprint density at radius 2 is 1.96 bits per heavy atom. The zero-order chi connectivity index (χ0) is 20.0. The summed E-state index contributed by atoms with van der Waals surface area (Å²) in [6, 6.07) is 5.38. The minimum atomic E-state index is -4.54. The molecular weight excluding hydrogens is 403 g/mol. The number of pyridine rings is 1. The average molecular weight is 419 g/mol. The number of aromatic amines is 1. The molecule has 0 aliphatic rings. The van der Waals surface area contributed by atoms with Crippen molar-refractivity contribution in [1.82, 2.24) is 14.7 Å². The summed E-state index contributed by atoms with van der Waals surface area (Å²) in [4.78, 5) is 6.62.